The molecule has 0 aliphatic heterocycles. The third-order valence-corrected chi connectivity index (χ3v) is 3.38. The molecule has 0 bridgehead atoms. The van der Waals surface area contributed by atoms with Crippen molar-refractivity contribution in [1.29, 1.82) is 0 Å². The zero-order valence-corrected chi connectivity index (χ0v) is 11.8. The number of pyridine rings is 1. The van der Waals surface area contributed by atoms with Crippen LogP contribution in [0.5, 0.6) is 0 Å². The first kappa shape index (κ1) is 13.2. The van der Waals surface area contributed by atoms with Crippen LogP contribution in [0, 0.1) is 0 Å². The van der Waals surface area contributed by atoms with E-state index in [9.17, 15) is 0 Å². The van der Waals surface area contributed by atoms with Gasteiger partial charge in [-0.3, -0.25) is 0 Å². The summed E-state index contributed by atoms with van der Waals surface area (Å²) in [5, 5.41) is 0. The second-order valence-corrected chi connectivity index (χ2v) is 4.74. The van der Waals surface area contributed by atoms with Crippen LogP contribution in [0.15, 0.2) is 55.0 Å². The summed E-state index contributed by atoms with van der Waals surface area (Å²) in [7, 11) is 0. The Morgan fingerprint density at radius 2 is 1.71 bits per heavy atom. The van der Waals surface area contributed by atoms with Gasteiger partial charge in [-0.2, -0.15) is 0 Å². The highest BCUT2D eigenvalue weighted by Crippen LogP contribution is 2.32. The zero-order valence-electron chi connectivity index (χ0n) is 11.8. The highest BCUT2D eigenvalue weighted by atomic mass is 14.9. The minimum Gasteiger partial charge on any atom is -0.384 e. The average molecular weight is 276 g/mol. The summed E-state index contributed by atoms with van der Waals surface area (Å²) in [4.78, 5) is 13.1. The average Bonchev–Trinajstić information content (AvgIpc) is 2.56. The molecule has 0 atom stereocenters. The van der Waals surface area contributed by atoms with Gasteiger partial charge in [0, 0.05) is 22.9 Å². The second-order valence-electron chi connectivity index (χ2n) is 4.74. The summed E-state index contributed by atoms with van der Waals surface area (Å²) in [6, 6.07) is 13.9. The maximum absolute atomic E-state index is 5.68. The third-order valence-electron chi connectivity index (χ3n) is 3.38. The van der Waals surface area contributed by atoms with Gasteiger partial charge in [0.25, 0.3) is 0 Å². The van der Waals surface area contributed by atoms with E-state index in [1.165, 1.54) is 0 Å². The number of benzene rings is 1. The Morgan fingerprint density at radius 3 is 2.38 bits per heavy atom. The Morgan fingerprint density at radius 1 is 0.905 bits per heavy atom. The second kappa shape index (κ2) is 5.71. The molecule has 4 nitrogen and oxygen atoms in total. The molecule has 0 saturated carbocycles. The van der Waals surface area contributed by atoms with Crippen molar-refractivity contribution in [3.63, 3.8) is 0 Å². The molecule has 0 saturated heterocycles. The summed E-state index contributed by atoms with van der Waals surface area (Å²) in [6.45, 7) is 2.09. The third kappa shape index (κ3) is 2.60. The predicted molar refractivity (Wildman–Crippen MR) is 84.5 cm³/mol. The molecule has 3 aromatic rings. The van der Waals surface area contributed by atoms with E-state index in [1.54, 1.807) is 18.6 Å². The smallest absolute Gasteiger partial charge is 0.123 e. The van der Waals surface area contributed by atoms with Crippen molar-refractivity contribution in [2.24, 2.45) is 0 Å². The number of nitrogen functional groups attached to an aromatic ring is 1. The Kier molecular flexibility index (Phi) is 3.60. The predicted octanol–water partition coefficient (Wildman–Crippen LogP) is 3.35. The number of nitrogens with zero attached hydrogens (tertiary/aromatic N) is 3. The lowest BCUT2D eigenvalue weighted by Crippen LogP contribution is -1.99. The Balaban J connectivity index is 2.24. The fraction of sp³-hybridized carbons (Fsp3) is 0.118. The molecule has 0 amide bonds. The molecule has 0 radical (unpaired) electrons. The summed E-state index contributed by atoms with van der Waals surface area (Å²) in [6.07, 6.45) is 4.23. The van der Waals surface area contributed by atoms with Crippen LogP contribution in [0.1, 0.15) is 12.6 Å². The van der Waals surface area contributed by atoms with E-state index in [-0.39, 0.29) is 0 Å². The molecule has 4 heteroatoms. The Bertz CT molecular complexity index is 736. The topological polar surface area (TPSA) is 64.7 Å². The van der Waals surface area contributed by atoms with E-state index in [0.29, 0.717) is 5.82 Å². The van der Waals surface area contributed by atoms with Crippen molar-refractivity contribution in [3.05, 3.63) is 60.7 Å². The molecule has 0 spiro atoms. The standard InChI is InChI=1S/C17H16N4/c1-2-14-16(13-8-9-15(18)19-10-13)17(21-11-20-14)12-6-4-3-5-7-12/h3-11H,2H2,1H3,(H2,18,19). The van der Waals surface area contributed by atoms with Gasteiger partial charge < -0.3 is 5.73 Å². The van der Waals surface area contributed by atoms with E-state index in [2.05, 4.69) is 34.0 Å². The van der Waals surface area contributed by atoms with Gasteiger partial charge in [0.2, 0.25) is 0 Å². The lowest BCUT2D eigenvalue weighted by atomic mass is 9.98. The molecule has 0 unspecified atom stereocenters. The van der Waals surface area contributed by atoms with Crippen LogP contribution in [0.4, 0.5) is 5.82 Å². The van der Waals surface area contributed by atoms with E-state index in [0.717, 1.165) is 34.5 Å². The molecule has 0 fully saturated rings. The van der Waals surface area contributed by atoms with E-state index >= 15 is 0 Å². The number of hydrogen-bond acceptors (Lipinski definition) is 4. The molecule has 2 aromatic heterocycles. The van der Waals surface area contributed by atoms with Crippen LogP contribution in [-0.4, -0.2) is 15.0 Å². The lowest BCUT2D eigenvalue weighted by Gasteiger charge is -2.12. The van der Waals surface area contributed by atoms with Crippen LogP contribution in [0.2, 0.25) is 0 Å². The number of nitrogens with two attached hydrogens (primary N) is 1. The van der Waals surface area contributed by atoms with E-state index in [4.69, 9.17) is 5.73 Å². The monoisotopic (exact) mass is 276 g/mol. The number of anilines is 1. The van der Waals surface area contributed by atoms with E-state index in [1.807, 2.05) is 24.3 Å². The van der Waals surface area contributed by atoms with Crippen LogP contribution < -0.4 is 5.73 Å². The van der Waals surface area contributed by atoms with Crippen molar-refractivity contribution in [2.75, 3.05) is 5.73 Å². The van der Waals surface area contributed by atoms with Gasteiger partial charge in [-0.25, -0.2) is 15.0 Å². The van der Waals surface area contributed by atoms with Crippen LogP contribution in [0.25, 0.3) is 22.4 Å². The first-order valence-corrected chi connectivity index (χ1v) is 6.90. The van der Waals surface area contributed by atoms with Gasteiger partial charge in [0.1, 0.15) is 12.1 Å². The minimum absolute atomic E-state index is 0.509. The molecule has 0 aliphatic rings. The number of aromatic nitrogens is 3. The van der Waals surface area contributed by atoms with Gasteiger partial charge in [0.15, 0.2) is 0 Å². The maximum Gasteiger partial charge on any atom is 0.123 e. The Hall–Kier alpha value is -2.75. The fourth-order valence-electron chi connectivity index (χ4n) is 2.36. The quantitative estimate of drug-likeness (QED) is 0.796. The van der Waals surface area contributed by atoms with Crippen LogP contribution >= 0.6 is 0 Å². The fourth-order valence-corrected chi connectivity index (χ4v) is 2.36. The molecule has 104 valence electrons. The molecule has 3 rings (SSSR count). The van der Waals surface area contributed by atoms with Crippen molar-refractivity contribution in [1.82, 2.24) is 15.0 Å². The van der Waals surface area contributed by atoms with Gasteiger partial charge in [0.05, 0.1) is 11.4 Å². The normalized spacial score (nSPS) is 10.5. The molecule has 0 aliphatic carbocycles. The van der Waals surface area contributed by atoms with Crippen molar-refractivity contribution >= 4 is 5.82 Å². The number of rotatable bonds is 3. The van der Waals surface area contributed by atoms with Gasteiger partial charge in [-0.05, 0) is 18.6 Å². The lowest BCUT2D eigenvalue weighted by molar-refractivity contribution is 1.00. The molecule has 2 heterocycles. The summed E-state index contributed by atoms with van der Waals surface area (Å²) >= 11 is 0. The van der Waals surface area contributed by atoms with Crippen LogP contribution in [0.3, 0.4) is 0 Å². The molecule has 21 heavy (non-hydrogen) atoms. The summed E-state index contributed by atoms with van der Waals surface area (Å²) in [5.41, 5.74) is 10.7. The molecule has 2 N–H and O–H groups in total. The SMILES string of the molecule is CCc1ncnc(-c2ccccc2)c1-c1ccc(N)nc1. The number of aryl methyl sites for hydroxylation is 1. The van der Waals surface area contributed by atoms with Gasteiger partial charge in [-0.1, -0.05) is 37.3 Å². The molecular weight excluding hydrogens is 260 g/mol. The first-order valence-electron chi connectivity index (χ1n) is 6.90. The molecular formula is C17H16N4. The minimum atomic E-state index is 0.509. The molecule has 1 aromatic carbocycles. The van der Waals surface area contributed by atoms with Crippen molar-refractivity contribution < 1.29 is 0 Å². The van der Waals surface area contributed by atoms with E-state index < -0.39 is 0 Å². The highest BCUT2D eigenvalue weighted by Gasteiger charge is 2.14. The number of hydrogen-bond donors (Lipinski definition) is 1. The maximum atomic E-state index is 5.68. The van der Waals surface area contributed by atoms with Crippen molar-refractivity contribution in [3.8, 4) is 22.4 Å². The van der Waals surface area contributed by atoms with Crippen LogP contribution in [-0.2, 0) is 6.42 Å². The summed E-state index contributed by atoms with van der Waals surface area (Å²) in [5.74, 6) is 0.509. The zero-order chi connectivity index (χ0) is 14.7. The summed E-state index contributed by atoms with van der Waals surface area (Å²) < 4.78 is 0. The van der Waals surface area contributed by atoms with Gasteiger partial charge in [-0.15, -0.1) is 0 Å². The van der Waals surface area contributed by atoms with Crippen molar-refractivity contribution in [2.45, 2.75) is 13.3 Å². The highest BCUT2D eigenvalue weighted by molar-refractivity contribution is 5.82. The largest absolute Gasteiger partial charge is 0.384 e. The van der Waals surface area contributed by atoms with Gasteiger partial charge >= 0.3 is 0 Å². The Labute approximate surface area is 123 Å². The first-order chi connectivity index (χ1) is 10.3.